The molecule has 2 rings (SSSR count). The Balaban J connectivity index is 2.18. The van der Waals surface area contributed by atoms with E-state index in [0.29, 0.717) is 11.4 Å². The smallest absolute Gasteiger partial charge is 0.241 e. The molecule has 0 atom stereocenters. The van der Waals surface area contributed by atoms with E-state index in [-0.39, 0.29) is 6.04 Å². The molecule has 1 aromatic rings. The molecule has 1 fully saturated rings. The molecule has 20 heavy (non-hydrogen) atoms. The first-order valence-corrected chi connectivity index (χ1v) is 8.42. The van der Waals surface area contributed by atoms with Crippen LogP contribution in [0.4, 0.5) is 0 Å². The second-order valence-electron chi connectivity index (χ2n) is 5.44. The molecular weight excluding hydrogens is 274 g/mol. The van der Waals surface area contributed by atoms with E-state index in [1.807, 2.05) is 13.0 Å². The van der Waals surface area contributed by atoms with Gasteiger partial charge in [-0.05, 0) is 57.1 Å². The zero-order chi connectivity index (χ0) is 14.8. The Morgan fingerprint density at radius 1 is 1.35 bits per heavy atom. The van der Waals surface area contributed by atoms with Crippen LogP contribution in [0.25, 0.3) is 0 Å². The Hall–Kier alpha value is -0.950. The minimum atomic E-state index is -3.46. The predicted octanol–water partition coefficient (Wildman–Crippen LogP) is 0.826. The van der Waals surface area contributed by atoms with Gasteiger partial charge in [-0.1, -0.05) is 12.1 Å². The lowest BCUT2D eigenvalue weighted by Gasteiger charge is -2.29. The van der Waals surface area contributed by atoms with Gasteiger partial charge >= 0.3 is 0 Å². The Morgan fingerprint density at radius 2 is 2.00 bits per heavy atom. The van der Waals surface area contributed by atoms with E-state index in [1.54, 1.807) is 12.1 Å². The summed E-state index contributed by atoms with van der Waals surface area (Å²) in [4.78, 5) is 2.56. The number of hydrogen-bond acceptors (Lipinski definition) is 4. The van der Waals surface area contributed by atoms with Crippen molar-refractivity contribution in [1.82, 2.24) is 9.62 Å². The van der Waals surface area contributed by atoms with Gasteiger partial charge in [-0.2, -0.15) is 0 Å². The molecule has 0 amide bonds. The summed E-state index contributed by atoms with van der Waals surface area (Å²) in [6.45, 7) is 4.01. The Kier molecular flexibility index (Phi) is 4.80. The lowest BCUT2D eigenvalue weighted by Crippen LogP contribution is -2.43. The van der Waals surface area contributed by atoms with Gasteiger partial charge in [0.15, 0.2) is 0 Å². The zero-order valence-corrected chi connectivity index (χ0v) is 12.9. The first-order valence-electron chi connectivity index (χ1n) is 6.93. The molecule has 0 spiro atoms. The van der Waals surface area contributed by atoms with Gasteiger partial charge in [-0.25, -0.2) is 13.1 Å². The molecule has 0 bridgehead atoms. The van der Waals surface area contributed by atoms with Crippen molar-refractivity contribution in [1.29, 1.82) is 0 Å². The largest absolute Gasteiger partial charge is 0.326 e. The molecule has 0 aromatic heterocycles. The highest BCUT2D eigenvalue weighted by atomic mass is 32.2. The highest BCUT2D eigenvalue weighted by Crippen LogP contribution is 2.20. The van der Waals surface area contributed by atoms with E-state index in [9.17, 15) is 8.42 Å². The van der Waals surface area contributed by atoms with Crippen LogP contribution in [0.3, 0.4) is 0 Å². The number of sulfonamides is 1. The van der Waals surface area contributed by atoms with E-state index in [1.165, 1.54) is 0 Å². The van der Waals surface area contributed by atoms with Crippen LogP contribution in [0.15, 0.2) is 23.1 Å². The van der Waals surface area contributed by atoms with Crippen molar-refractivity contribution in [3.05, 3.63) is 29.3 Å². The third kappa shape index (κ3) is 3.38. The van der Waals surface area contributed by atoms with Gasteiger partial charge in [-0.3, -0.25) is 0 Å². The second-order valence-corrected chi connectivity index (χ2v) is 7.13. The van der Waals surface area contributed by atoms with Crippen LogP contribution in [-0.4, -0.2) is 39.5 Å². The molecule has 1 aromatic carbocycles. The Labute approximate surface area is 121 Å². The van der Waals surface area contributed by atoms with Crippen LogP contribution < -0.4 is 10.5 Å². The van der Waals surface area contributed by atoms with E-state index < -0.39 is 10.0 Å². The van der Waals surface area contributed by atoms with Crippen molar-refractivity contribution in [2.45, 2.75) is 37.2 Å². The molecule has 6 heteroatoms. The third-order valence-electron chi connectivity index (χ3n) is 3.95. The number of likely N-dealkylation sites (tertiary alicyclic amines) is 1. The van der Waals surface area contributed by atoms with Crippen molar-refractivity contribution in [3.63, 3.8) is 0 Å². The monoisotopic (exact) mass is 297 g/mol. The normalized spacial score (nSPS) is 18.4. The molecule has 0 radical (unpaired) electrons. The van der Waals surface area contributed by atoms with Crippen LogP contribution in [0.2, 0.25) is 0 Å². The Bertz CT molecular complexity index is 564. The van der Waals surface area contributed by atoms with Gasteiger partial charge in [-0.15, -0.1) is 0 Å². The van der Waals surface area contributed by atoms with E-state index in [4.69, 9.17) is 5.73 Å². The number of benzene rings is 1. The van der Waals surface area contributed by atoms with Crippen LogP contribution in [0.1, 0.15) is 24.0 Å². The molecule has 0 unspecified atom stereocenters. The topological polar surface area (TPSA) is 75.4 Å². The van der Waals surface area contributed by atoms with Crippen molar-refractivity contribution in [2.75, 3.05) is 20.1 Å². The van der Waals surface area contributed by atoms with Crippen molar-refractivity contribution >= 4 is 10.0 Å². The summed E-state index contributed by atoms with van der Waals surface area (Å²) in [5, 5.41) is 0. The molecule has 1 aliphatic heterocycles. The van der Waals surface area contributed by atoms with Crippen LogP contribution in [0, 0.1) is 6.92 Å². The fourth-order valence-corrected chi connectivity index (χ4v) is 4.17. The highest BCUT2D eigenvalue weighted by Gasteiger charge is 2.24. The van der Waals surface area contributed by atoms with Crippen LogP contribution in [-0.2, 0) is 16.6 Å². The number of rotatable bonds is 4. The molecule has 3 N–H and O–H groups in total. The standard InChI is InChI=1S/C14H23N3O2S/c1-11-12(10-15)4-3-5-14(11)20(18,19)16-13-6-8-17(2)9-7-13/h3-5,13,16H,6-10,15H2,1-2H3. The predicted molar refractivity (Wildman–Crippen MR) is 79.9 cm³/mol. The van der Waals surface area contributed by atoms with Crippen molar-refractivity contribution in [3.8, 4) is 0 Å². The fourth-order valence-electron chi connectivity index (χ4n) is 2.58. The Morgan fingerprint density at radius 3 is 2.60 bits per heavy atom. The van der Waals surface area contributed by atoms with E-state index >= 15 is 0 Å². The van der Waals surface area contributed by atoms with Crippen molar-refractivity contribution in [2.24, 2.45) is 5.73 Å². The molecule has 0 aliphatic carbocycles. The minimum absolute atomic E-state index is 0.0251. The summed E-state index contributed by atoms with van der Waals surface area (Å²) in [6.07, 6.45) is 1.71. The summed E-state index contributed by atoms with van der Waals surface area (Å²) in [6, 6.07) is 5.28. The molecular formula is C14H23N3O2S. The highest BCUT2D eigenvalue weighted by molar-refractivity contribution is 7.89. The number of hydrogen-bond donors (Lipinski definition) is 2. The SMILES string of the molecule is Cc1c(CN)cccc1S(=O)(=O)NC1CCN(C)CC1. The summed E-state index contributed by atoms with van der Waals surface area (Å²) in [5.41, 5.74) is 7.26. The molecule has 112 valence electrons. The molecule has 1 heterocycles. The van der Waals surface area contributed by atoms with Crippen molar-refractivity contribution < 1.29 is 8.42 Å². The van der Waals surface area contributed by atoms with Gasteiger partial charge in [0.25, 0.3) is 0 Å². The summed E-state index contributed by atoms with van der Waals surface area (Å²) >= 11 is 0. The van der Waals surface area contributed by atoms with Gasteiger partial charge in [0.05, 0.1) is 4.90 Å². The maximum absolute atomic E-state index is 12.5. The quantitative estimate of drug-likeness (QED) is 0.863. The fraction of sp³-hybridized carbons (Fsp3) is 0.571. The van der Waals surface area contributed by atoms with Gasteiger partial charge in [0.2, 0.25) is 10.0 Å². The zero-order valence-electron chi connectivity index (χ0n) is 12.1. The lowest BCUT2D eigenvalue weighted by molar-refractivity contribution is 0.248. The molecule has 5 nitrogen and oxygen atoms in total. The van der Waals surface area contributed by atoms with Crippen LogP contribution >= 0.6 is 0 Å². The van der Waals surface area contributed by atoms with Gasteiger partial charge in [0, 0.05) is 12.6 Å². The van der Waals surface area contributed by atoms with Gasteiger partial charge < -0.3 is 10.6 Å². The lowest BCUT2D eigenvalue weighted by atomic mass is 10.1. The first kappa shape index (κ1) is 15.4. The number of nitrogens with two attached hydrogens (primary N) is 1. The number of nitrogens with one attached hydrogen (secondary N) is 1. The number of nitrogens with zero attached hydrogens (tertiary/aromatic N) is 1. The average Bonchev–Trinajstić information content (AvgIpc) is 2.41. The maximum atomic E-state index is 12.5. The van der Waals surface area contributed by atoms with Crippen LogP contribution in [0.5, 0.6) is 0 Å². The molecule has 1 aliphatic rings. The summed E-state index contributed by atoms with van der Waals surface area (Å²) in [5.74, 6) is 0. The first-order chi connectivity index (χ1) is 9.44. The average molecular weight is 297 g/mol. The summed E-state index contributed by atoms with van der Waals surface area (Å²) < 4.78 is 27.8. The minimum Gasteiger partial charge on any atom is -0.326 e. The molecule has 1 saturated heterocycles. The maximum Gasteiger partial charge on any atom is 0.241 e. The van der Waals surface area contributed by atoms with E-state index in [2.05, 4.69) is 16.7 Å². The van der Waals surface area contributed by atoms with Gasteiger partial charge in [0.1, 0.15) is 0 Å². The van der Waals surface area contributed by atoms with E-state index in [0.717, 1.165) is 37.1 Å². The summed E-state index contributed by atoms with van der Waals surface area (Å²) in [7, 11) is -1.41. The third-order valence-corrected chi connectivity index (χ3v) is 5.61. The molecule has 0 saturated carbocycles. The second kappa shape index (κ2) is 6.22. The number of piperidine rings is 1.